The van der Waals surface area contributed by atoms with Crippen molar-refractivity contribution >= 4 is 11.9 Å². The smallest absolute Gasteiger partial charge is 0.312 e. The first-order valence-electron chi connectivity index (χ1n) is 8.66. The highest BCUT2D eigenvalue weighted by molar-refractivity contribution is 5.78. The number of hydrogen-bond acceptors (Lipinski definition) is 4. The summed E-state index contributed by atoms with van der Waals surface area (Å²) in [6.07, 6.45) is 2.59. The van der Waals surface area contributed by atoms with Crippen molar-refractivity contribution in [1.82, 2.24) is 0 Å². The van der Waals surface area contributed by atoms with Crippen molar-refractivity contribution in [1.29, 1.82) is 0 Å². The van der Waals surface area contributed by atoms with Gasteiger partial charge in [-0.1, -0.05) is 24.3 Å². The van der Waals surface area contributed by atoms with Crippen molar-refractivity contribution in [2.45, 2.75) is 32.1 Å². The standard InChI is InChI=1S/C21H21FO4/c1-13(21(24)25-2)15-8-9-18(19(22)12-15)16-4-3-5-17(11-16)26-20(23)10-14-6-7-14/h3-5,8-9,11-14H,6-7,10H2,1-2H3. The van der Waals surface area contributed by atoms with E-state index in [0.29, 0.717) is 34.8 Å². The Kier molecular flexibility index (Phi) is 5.35. The third-order valence-corrected chi connectivity index (χ3v) is 4.58. The van der Waals surface area contributed by atoms with Gasteiger partial charge in [-0.2, -0.15) is 0 Å². The highest BCUT2D eigenvalue weighted by atomic mass is 19.1. The van der Waals surface area contributed by atoms with Gasteiger partial charge < -0.3 is 9.47 Å². The molecule has 1 atom stereocenters. The van der Waals surface area contributed by atoms with Crippen LogP contribution in [0.4, 0.5) is 4.39 Å². The number of methoxy groups -OCH3 is 1. The maximum absolute atomic E-state index is 14.6. The second kappa shape index (κ2) is 7.68. The Labute approximate surface area is 151 Å². The van der Waals surface area contributed by atoms with Crippen LogP contribution >= 0.6 is 0 Å². The molecule has 0 amide bonds. The summed E-state index contributed by atoms with van der Waals surface area (Å²) in [5, 5.41) is 0. The van der Waals surface area contributed by atoms with Crippen molar-refractivity contribution in [3.63, 3.8) is 0 Å². The lowest BCUT2D eigenvalue weighted by Crippen LogP contribution is -2.11. The van der Waals surface area contributed by atoms with Gasteiger partial charge in [-0.15, -0.1) is 0 Å². The van der Waals surface area contributed by atoms with Crippen LogP contribution in [0.2, 0.25) is 0 Å². The van der Waals surface area contributed by atoms with Crippen LogP contribution < -0.4 is 4.74 Å². The molecule has 0 aromatic heterocycles. The number of esters is 2. The largest absolute Gasteiger partial charge is 0.469 e. The Morgan fingerprint density at radius 3 is 2.62 bits per heavy atom. The Morgan fingerprint density at radius 2 is 1.96 bits per heavy atom. The molecule has 0 N–H and O–H groups in total. The highest BCUT2D eigenvalue weighted by Crippen LogP contribution is 2.33. The fourth-order valence-electron chi connectivity index (χ4n) is 2.81. The van der Waals surface area contributed by atoms with E-state index in [9.17, 15) is 14.0 Å². The lowest BCUT2D eigenvalue weighted by Gasteiger charge is -2.12. The molecule has 1 saturated carbocycles. The Bertz CT molecular complexity index is 827. The average Bonchev–Trinajstić information content (AvgIpc) is 3.44. The van der Waals surface area contributed by atoms with Gasteiger partial charge in [0.05, 0.1) is 13.0 Å². The van der Waals surface area contributed by atoms with Crippen molar-refractivity contribution in [3.8, 4) is 16.9 Å². The fourth-order valence-corrected chi connectivity index (χ4v) is 2.81. The lowest BCUT2D eigenvalue weighted by molar-refractivity contribution is -0.142. The zero-order valence-electron chi connectivity index (χ0n) is 14.8. The Hall–Kier alpha value is -2.69. The van der Waals surface area contributed by atoms with Crippen LogP contribution in [0.15, 0.2) is 42.5 Å². The van der Waals surface area contributed by atoms with Crippen molar-refractivity contribution in [2.24, 2.45) is 5.92 Å². The third kappa shape index (κ3) is 4.28. The summed E-state index contributed by atoms with van der Waals surface area (Å²) in [5.41, 5.74) is 1.53. The number of hydrogen-bond donors (Lipinski definition) is 0. The van der Waals surface area contributed by atoms with E-state index >= 15 is 0 Å². The second-order valence-corrected chi connectivity index (χ2v) is 6.63. The van der Waals surface area contributed by atoms with Gasteiger partial charge in [0.2, 0.25) is 0 Å². The van der Waals surface area contributed by atoms with Gasteiger partial charge >= 0.3 is 11.9 Å². The van der Waals surface area contributed by atoms with Crippen LogP contribution in [0, 0.1) is 11.7 Å². The summed E-state index contributed by atoms with van der Waals surface area (Å²) in [7, 11) is 1.31. The minimum absolute atomic E-state index is 0.257. The Morgan fingerprint density at radius 1 is 1.19 bits per heavy atom. The molecule has 5 heteroatoms. The zero-order valence-corrected chi connectivity index (χ0v) is 14.8. The van der Waals surface area contributed by atoms with E-state index in [1.54, 1.807) is 43.3 Å². The van der Waals surface area contributed by atoms with Crippen LogP contribution in [-0.4, -0.2) is 19.0 Å². The molecule has 1 aliphatic carbocycles. The summed E-state index contributed by atoms with van der Waals surface area (Å²) >= 11 is 0. The minimum Gasteiger partial charge on any atom is -0.469 e. The second-order valence-electron chi connectivity index (χ2n) is 6.63. The van der Waals surface area contributed by atoms with Gasteiger partial charge in [0, 0.05) is 12.0 Å². The van der Waals surface area contributed by atoms with Gasteiger partial charge in [0.15, 0.2) is 0 Å². The van der Waals surface area contributed by atoms with E-state index in [0.717, 1.165) is 12.8 Å². The molecule has 1 aliphatic rings. The van der Waals surface area contributed by atoms with E-state index in [4.69, 9.17) is 9.47 Å². The molecule has 0 aliphatic heterocycles. The molecular formula is C21H21FO4. The summed E-state index contributed by atoms with van der Waals surface area (Å²) in [6.45, 7) is 1.67. The number of carbonyl (C=O) groups is 2. The minimum atomic E-state index is -0.543. The van der Waals surface area contributed by atoms with Crippen LogP contribution in [0.5, 0.6) is 5.75 Å². The number of rotatable bonds is 6. The molecule has 0 bridgehead atoms. The van der Waals surface area contributed by atoms with E-state index < -0.39 is 17.7 Å². The normalized spacial score (nSPS) is 14.6. The molecule has 1 fully saturated rings. The molecule has 26 heavy (non-hydrogen) atoms. The third-order valence-electron chi connectivity index (χ3n) is 4.58. The first-order chi connectivity index (χ1) is 12.5. The van der Waals surface area contributed by atoms with Gasteiger partial charge in [0.1, 0.15) is 11.6 Å². The molecule has 4 nitrogen and oxygen atoms in total. The van der Waals surface area contributed by atoms with E-state index in [1.165, 1.54) is 13.2 Å². The molecule has 136 valence electrons. The number of ether oxygens (including phenoxy) is 2. The molecule has 0 saturated heterocycles. The summed E-state index contributed by atoms with van der Waals surface area (Å²) in [4.78, 5) is 23.5. The van der Waals surface area contributed by atoms with Crippen LogP contribution in [-0.2, 0) is 14.3 Å². The van der Waals surface area contributed by atoms with Gasteiger partial charge in [-0.05, 0) is 55.0 Å². The van der Waals surface area contributed by atoms with E-state index in [2.05, 4.69) is 0 Å². The van der Waals surface area contributed by atoms with Crippen molar-refractivity contribution in [2.75, 3.05) is 7.11 Å². The molecular weight excluding hydrogens is 335 g/mol. The van der Waals surface area contributed by atoms with Crippen molar-refractivity contribution < 1.29 is 23.5 Å². The highest BCUT2D eigenvalue weighted by Gasteiger charge is 2.25. The van der Waals surface area contributed by atoms with Gasteiger partial charge in [-0.3, -0.25) is 9.59 Å². The van der Waals surface area contributed by atoms with Crippen molar-refractivity contribution in [3.05, 3.63) is 53.8 Å². The molecule has 1 unspecified atom stereocenters. The maximum atomic E-state index is 14.6. The molecule has 2 aromatic rings. The van der Waals surface area contributed by atoms with E-state index in [-0.39, 0.29) is 5.97 Å². The number of carbonyl (C=O) groups excluding carboxylic acids is 2. The van der Waals surface area contributed by atoms with E-state index in [1.807, 2.05) is 0 Å². The van der Waals surface area contributed by atoms with Crippen LogP contribution in [0.1, 0.15) is 37.7 Å². The first-order valence-corrected chi connectivity index (χ1v) is 8.66. The molecule has 2 aromatic carbocycles. The maximum Gasteiger partial charge on any atom is 0.312 e. The predicted molar refractivity (Wildman–Crippen MR) is 95.2 cm³/mol. The lowest BCUT2D eigenvalue weighted by atomic mass is 9.97. The molecule has 0 heterocycles. The summed E-state index contributed by atoms with van der Waals surface area (Å²) in [6, 6.07) is 11.5. The topological polar surface area (TPSA) is 52.6 Å². The molecule has 3 rings (SSSR count). The first kappa shape index (κ1) is 18.1. The Balaban J connectivity index is 1.79. The van der Waals surface area contributed by atoms with Gasteiger partial charge in [-0.25, -0.2) is 4.39 Å². The predicted octanol–water partition coefficient (Wildman–Crippen LogP) is 4.47. The van der Waals surface area contributed by atoms with Gasteiger partial charge in [0.25, 0.3) is 0 Å². The summed E-state index contributed by atoms with van der Waals surface area (Å²) in [5.74, 6) is -0.806. The molecule has 0 radical (unpaired) electrons. The number of halogens is 1. The number of benzene rings is 2. The monoisotopic (exact) mass is 356 g/mol. The quantitative estimate of drug-likeness (QED) is 0.566. The summed E-state index contributed by atoms with van der Waals surface area (Å²) < 4.78 is 24.6. The SMILES string of the molecule is COC(=O)C(C)c1ccc(-c2cccc(OC(=O)CC3CC3)c2)c(F)c1. The van der Waals surface area contributed by atoms with Crippen LogP contribution in [0.3, 0.4) is 0 Å². The molecule has 0 spiro atoms. The van der Waals surface area contributed by atoms with Crippen LogP contribution in [0.25, 0.3) is 11.1 Å². The zero-order chi connectivity index (χ0) is 18.7. The fraction of sp³-hybridized carbons (Fsp3) is 0.333. The average molecular weight is 356 g/mol.